The molecule has 5 nitrogen and oxygen atoms in total. The van der Waals surface area contributed by atoms with Crippen molar-refractivity contribution >= 4 is 24.2 Å². The van der Waals surface area contributed by atoms with Crippen LogP contribution in [0, 0.1) is 0 Å². The first kappa shape index (κ1) is 13.9. The molecule has 0 N–H and O–H groups in total. The molecule has 1 heterocycles. The van der Waals surface area contributed by atoms with E-state index in [0.29, 0.717) is 13.2 Å². The molecule has 0 aromatic heterocycles. The van der Waals surface area contributed by atoms with Gasteiger partial charge in [-0.2, -0.15) is 0 Å². The number of nitrogens with zero attached hydrogens (tertiary/aromatic N) is 1. The fourth-order valence-electron chi connectivity index (χ4n) is 1.23. The first-order chi connectivity index (χ1) is 7.53. The molecule has 2 atom stereocenters. The molecular formula is C9H18NO4PS. The molecule has 16 heavy (non-hydrogen) atoms. The molecule has 94 valence electrons. The lowest BCUT2D eigenvalue weighted by Gasteiger charge is -2.26. The summed E-state index contributed by atoms with van der Waals surface area (Å²) >= 11 is 1.23. The standard InChI is InChI=1S/C9H18NO4PS/c1-4-8(3)16-15(12,14-5-2)10-6-7-13-9(10)11/h8H,4-7H2,1-3H3. The van der Waals surface area contributed by atoms with E-state index in [1.807, 2.05) is 13.8 Å². The van der Waals surface area contributed by atoms with Gasteiger partial charge in [-0.25, -0.2) is 9.46 Å². The fourth-order valence-corrected chi connectivity index (χ4v) is 6.16. The van der Waals surface area contributed by atoms with Crippen LogP contribution >= 0.6 is 18.1 Å². The van der Waals surface area contributed by atoms with Gasteiger partial charge in [-0.1, -0.05) is 13.8 Å². The van der Waals surface area contributed by atoms with E-state index in [1.54, 1.807) is 6.92 Å². The third-order valence-electron chi connectivity index (χ3n) is 2.22. The number of hydrogen-bond acceptors (Lipinski definition) is 5. The summed E-state index contributed by atoms with van der Waals surface area (Å²) < 4.78 is 23.9. The molecule has 0 aliphatic carbocycles. The molecule has 7 heteroatoms. The number of cyclic esters (lactones) is 1. The third kappa shape index (κ3) is 3.15. The summed E-state index contributed by atoms with van der Waals surface area (Å²) in [5.41, 5.74) is 0. The predicted octanol–water partition coefficient (Wildman–Crippen LogP) is 3.11. The van der Waals surface area contributed by atoms with E-state index in [2.05, 4.69) is 0 Å². The lowest BCUT2D eigenvalue weighted by molar-refractivity contribution is 0.167. The minimum absolute atomic E-state index is 0.186. The molecule has 1 aliphatic rings. The van der Waals surface area contributed by atoms with Gasteiger partial charge in [0, 0.05) is 5.25 Å². The Balaban J connectivity index is 2.78. The fraction of sp³-hybridized carbons (Fsp3) is 0.889. The lowest BCUT2D eigenvalue weighted by Crippen LogP contribution is -2.21. The highest BCUT2D eigenvalue weighted by Gasteiger charge is 2.41. The van der Waals surface area contributed by atoms with Crippen molar-refractivity contribution in [3.63, 3.8) is 0 Å². The Hall–Kier alpha value is -0.190. The van der Waals surface area contributed by atoms with Crippen LogP contribution in [0.3, 0.4) is 0 Å². The van der Waals surface area contributed by atoms with Gasteiger partial charge in [0.25, 0.3) is 0 Å². The second-order valence-electron chi connectivity index (χ2n) is 3.45. The Morgan fingerprint density at radius 2 is 2.31 bits per heavy atom. The van der Waals surface area contributed by atoms with Crippen LogP contribution in [0.1, 0.15) is 27.2 Å². The Morgan fingerprint density at radius 1 is 1.62 bits per heavy atom. The number of ether oxygens (including phenoxy) is 1. The zero-order chi connectivity index (χ0) is 12.2. The van der Waals surface area contributed by atoms with Gasteiger partial charge >= 0.3 is 12.8 Å². The van der Waals surface area contributed by atoms with Gasteiger partial charge in [0.2, 0.25) is 0 Å². The normalized spacial score (nSPS) is 21.7. The van der Waals surface area contributed by atoms with Gasteiger partial charge < -0.3 is 9.26 Å². The van der Waals surface area contributed by atoms with Crippen molar-refractivity contribution in [2.45, 2.75) is 32.4 Å². The molecule has 0 aromatic rings. The van der Waals surface area contributed by atoms with Crippen LogP contribution in [-0.2, 0) is 13.8 Å². The van der Waals surface area contributed by atoms with Crippen molar-refractivity contribution in [1.29, 1.82) is 0 Å². The Kier molecular flexibility index (Phi) is 5.15. The molecule has 2 unspecified atom stereocenters. The molecule has 0 radical (unpaired) electrons. The van der Waals surface area contributed by atoms with E-state index in [-0.39, 0.29) is 11.9 Å². The van der Waals surface area contributed by atoms with Crippen LogP contribution in [0.15, 0.2) is 0 Å². The van der Waals surface area contributed by atoms with E-state index in [9.17, 15) is 9.36 Å². The summed E-state index contributed by atoms with van der Waals surface area (Å²) in [7, 11) is 0. The monoisotopic (exact) mass is 267 g/mol. The summed E-state index contributed by atoms with van der Waals surface area (Å²) in [6.45, 7) is 3.59. The van der Waals surface area contributed by atoms with Crippen LogP contribution in [-0.4, -0.2) is 35.8 Å². The number of hydrogen-bond donors (Lipinski definition) is 0. The summed E-state index contributed by atoms with van der Waals surface area (Å²) in [6, 6.07) is 0. The Bertz CT molecular complexity index is 299. The maximum Gasteiger partial charge on any atom is 0.417 e. The van der Waals surface area contributed by atoms with Crippen LogP contribution in [0.2, 0.25) is 0 Å². The van der Waals surface area contributed by atoms with Gasteiger partial charge in [-0.05, 0) is 24.7 Å². The highest BCUT2D eigenvalue weighted by Crippen LogP contribution is 2.65. The number of rotatable bonds is 6. The van der Waals surface area contributed by atoms with Gasteiger partial charge in [0.05, 0.1) is 13.2 Å². The highest BCUT2D eigenvalue weighted by molar-refractivity contribution is 8.56. The molecule has 0 bridgehead atoms. The summed E-state index contributed by atoms with van der Waals surface area (Å²) in [5.74, 6) is 0. The number of carbonyl (C=O) groups is 1. The van der Waals surface area contributed by atoms with Crippen LogP contribution in [0.25, 0.3) is 0 Å². The zero-order valence-corrected chi connectivity index (χ0v) is 11.6. The first-order valence-electron chi connectivity index (χ1n) is 5.41. The van der Waals surface area contributed by atoms with Crippen molar-refractivity contribution in [1.82, 2.24) is 4.67 Å². The minimum atomic E-state index is -3.12. The molecule has 0 aromatic carbocycles. The maximum absolute atomic E-state index is 12.6. The summed E-state index contributed by atoms with van der Waals surface area (Å²) in [6.07, 6.45) is 0.345. The minimum Gasteiger partial charge on any atom is -0.447 e. The smallest absolute Gasteiger partial charge is 0.417 e. The zero-order valence-electron chi connectivity index (χ0n) is 9.84. The molecule has 1 rings (SSSR count). The van der Waals surface area contributed by atoms with Gasteiger partial charge in [-0.15, -0.1) is 0 Å². The predicted molar refractivity (Wildman–Crippen MR) is 64.6 cm³/mol. The molecule has 1 aliphatic heterocycles. The van der Waals surface area contributed by atoms with Crippen LogP contribution in [0.5, 0.6) is 0 Å². The average Bonchev–Trinajstić information content (AvgIpc) is 2.65. The van der Waals surface area contributed by atoms with Crippen LogP contribution < -0.4 is 0 Å². The lowest BCUT2D eigenvalue weighted by atomic mass is 10.4. The summed E-state index contributed by atoms with van der Waals surface area (Å²) in [4.78, 5) is 11.4. The Morgan fingerprint density at radius 3 is 2.75 bits per heavy atom. The third-order valence-corrected chi connectivity index (χ3v) is 7.50. The number of amides is 1. The molecule has 1 amide bonds. The van der Waals surface area contributed by atoms with Crippen molar-refractivity contribution in [3.8, 4) is 0 Å². The van der Waals surface area contributed by atoms with Crippen molar-refractivity contribution in [3.05, 3.63) is 0 Å². The van der Waals surface area contributed by atoms with Gasteiger partial charge in [0.1, 0.15) is 6.61 Å². The second-order valence-corrected chi connectivity index (χ2v) is 8.16. The summed E-state index contributed by atoms with van der Waals surface area (Å²) in [5, 5.41) is 0.186. The van der Waals surface area contributed by atoms with Crippen molar-refractivity contribution in [2.24, 2.45) is 0 Å². The van der Waals surface area contributed by atoms with Crippen LogP contribution in [0.4, 0.5) is 4.79 Å². The van der Waals surface area contributed by atoms with Gasteiger partial charge in [0.15, 0.2) is 0 Å². The number of carbonyl (C=O) groups excluding carboxylic acids is 1. The first-order valence-corrected chi connectivity index (χ1v) is 8.47. The highest BCUT2D eigenvalue weighted by atomic mass is 32.7. The van der Waals surface area contributed by atoms with E-state index in [1.165, 1.54) is 16.1 Å². The average molecular weight is 267 g/mol. The molecular weight excluding hydrogens is 249 g/mol. The topological polar surface area (TPSA) is 55.8 Å². The second kappa shape index (κ2) is 5.94. The van der Waals surface area contributed by atoms with Crippen molar-refractivity contribution < 1.29 is 18.6 Å². The Labute approximate surface area is 100 Å². The van der Waals surface area contributed by atoms with E-state index in [4.69, 9.17) is 9.26 Å². The van der Waals surface area contributed by atoms with E-state index < -0.39 is 12.8 Å². The van der Waals surface area contributed by atoms with Gasteiger partial charge in [-0.3, -0.25) is 4.57 Å². The van der Waals surface area contributed by atoms with Crippen molar-refractivity contribution in [2.75, 3.05) is 19.8 Å². The molecule has 1 saturated heterocycles. The molecule has 0 saturated carbocycles. The van der Waals surface area contributed by atoms with E-state index in [0.717, 1.165) is 6.42 Å². The molecule has 1 fully saturated rings. The van der Waals surface area contributed by atoms with E-state index >= 15 is 0 Å². The quantitative estimate of drug-likeness (QED) is 0.692. The SMILES string of the molecule is CCOP(=O)(SC(C)CC)N1CCOC1=O. The largest absolute Gasteiger partial charge is 0.447 e. The maximum atomic E-state index is 12.6. The molecule has 0 spiro atoms.